The minimum atomic E-state index is -1.24. The van der Waals surface area contributed by atoms with E-state index in [2.05, 4.69) is 10.6 Å². The standard InChI is InChI=1S/C14H20FN3O4/c1-14(2,3)22-13(21)18-11(12(19)20)7-17-10-5-4-8(15)6-9(10)16/h4-6,11,17H,7,16H2,1-3H3,(H,18,21)(H,19,20). The molecule has 8 heteroatoms. The lowest BCUT2D eigenvalue weighted by molar-refractivity contribution is -0.139. The van der Waals surface area contributed by atoms with E-state index in [0.29, 0.717) is 5.69 Å². The number of halogens is 1. The third-order valence-corrected chi connectivity index (χ3v) is 2.50. The lowest BCUT2D eigenvalue weighted by Gasteiger charge is -2.22. The first-order valence-corrected chi connectivity index (χ1v) is 6.59. The molecule has 1 rings (SSSR count). The molecule has 0 saturated carbocycles. The number of aliphatic carboxylic acids is 1. The van der Waals surface area contributed by atoms with Gasteiger partial charge < -0.3 is 26.2 Å². The number of amides is 1. The van der Waals surface area contributed by atoms with Crippen LogP contribution >= 0.6 is 0 Å². The van der Waals surface area contributed by atoms with Crippen molar-refractivity contribution in [1.29, 1.82) is 0 Å². The minimum Gasteiger partial charge on any atom is -0.480 e. The van der Waals surface area contributed by atoms with Gasteiger partial charge in [0.2, 0.25) is 0 Å². The Bertz CT molecular complexity index is 558. The summed E-state index contributed by atoms with van der Waals surface area (Å²) < 4.78 is 17.9. The molecular weight excluding hydrogens is 293 g/mol. The summed E-state index contributed by atoms with van der Waals surface area (Å²) in [5.41, 5.74) is 5.39. The van der Waals surface area contributed by atoms with E-state index in [9.17, 15) is 14.0 Å². The molecule has 1 aromatic rings. The zero-order valence-corrected chi connectivity index (χ0v) is 12.6. The normalized spacial score (nSPS) is 12.4. The number of hydrogen-bond acceptors (Lipinski definition) is 5. The van der Waals surface area contributed by atoms with Gasteiger partial charge in [0.05, 0.1) is 11.4 Å². The van der Waals surface area contributed by atoms with Gasteiger partial charge in [0, 0.05) is 6.54 Å². The molecule has 1 aromatic carbocycles. The van der Waals surface area contributed by atoms with Gasteiger partial charge in [-0.15, -0.1) is 0 Å². The molecule has 7 nitrogen and oxygen atoms in total. The van der Waals surface area contributed by atoms with Crippen molar-refractivity contribution in [3.8, 4) is 0 Å². The van der Waals surface area contributed by atoms with Crippen molar-refractivity contribution in [2.45, 2.75) is 32.4 Å². The molecule has 0 aliphatic rings. The molecule has 0 fully saturated rings. The van der Waals surface area contributed by atoms with Crippen LogP contribution in [0.15, 0.2) is 18.2 Å². The number of carboxylic acid groups (broad SMARTS) is 1. The summed E-state index contributed by atoms with van der Waals surface area (Å²) >= 11 is 0. The molecule has 0 bridgehead atoms. The van der Waals surface area contributed by atoms with E-state index in [-0.39, 0.29) is 12.2 Å². The fourth-order valence-corrected chi connectivity index (χ4v) is 1.56. The maximum absolute atomic E-state index is 12.9. The molecule has 0 heterocycles. The van der Waals surface area contributed by atoms with Gasteiger partial charge in [-0.05, 0) is 39.0 Å². The van der Waals surface area contributed by atoms with Gasteiger partial charge in [-0.3, -0.25) is 0 Å². The monoisotopic (exact) mass is 313 g/mol. The zero-order valence-electron chi connectivity index (χ0n) is 12.6. The van der Waals surface area contributed by atoms with E-state index >= 15 is 0 Å². The third-order valence-electron chi connectivity index (χ3n) is 2.50. The van der Waals surface area contributed by atoms with E-state index in [1.165, 1.54) is 12.1 Å². The Hall–Kier alpha value is -2.51. The van der Waals surface area contributed by atoms with E-state index in [1.54, 1.807) is 20.8 Å². The van der Waals surface area contributed by atoms with Crippen molar-refractivity contribution in [2.24, 2.45) is 0 Å². The number of hydrogen-bond donors (Lipinski definition) is 4. The van der Waals surface area contributed by atoms with Gasteiger partial charge in [0.1, 0.15) is 17.5 Å². The van der Waals surface area contributed by atoms with Crippen LogP contribution < -0.4 is 16.4 Å². The van der Waals surface area contributed by atoms with Gasteiger partial charge >= 0.3 is 12.1 Å². The summed E-state index contributed by atoms with van der Waals surface area (Å²) in [4.78, 5) is 22.8. The first kappa shape index (κ1) is 17.5. The zero-order chi connectivity index (χ0) is 16.9. The van der Waals surface area contributed by atoms with Crippen LogP contribution in [0, 0.1) is 5.82 Å². The number of carbonyl (C=O) groups is 2. The molecule has 0 radical (unpaired) electrons. The van der Waals surface area contributed by atoms with Crippen LogP contribution in [-0.4, -0.2) is 35.4 Å². The largest absolute Gasteiger partial charge is 0.480 e. The number of anilines is 2. The summed E-state index contributed by atoms with van der Waals surface area (Å²) in [5.74, 6) is -1.73. The van der Waals surface area contributed by atoms with Crippen LogP contribution in [0.1, 0.15) is 20.8 Å². The van der Waals surface area contributed by atoms with Crippen molar-refractivity contribution in [3.63, 3.8) is 0 Å². The van der Waals surface area contributed by atoms with Crippen LogP contribution in [0.3, 0.4) is 0 Å². The topological polar surface area (TPSA) is 114 Å². The van der Waals surface area contributed by atoms with Crippen molar-refractivity contribution in [2.75, 3.05) is 17.6 Å². The SMILES string of the molecule is CC(C)(C)OC(=O)NC(CNc1ccc(F)cc1N)C(=O)O. The molecule has 22 heavy (non-hydrogen) atoms. The fraction of sp³-hybridized carbons (Fsp3) is 0.429. The van der Waals surface area contributed by atoms with Crippen molar-refractivity contribution >= 4 is 23.4 Å². The van der Waals surface area contributed by atoms with Crippen LogP contribution in [0.4, 0.5) is 20.6 Å². The number of ether oxygens (including phenoxy) is 1. The Morgan fingerprint density at radius 2 is 2.05 bits per heavy atom. The van der Waals surface area contributed by atoms with E-state index in [1.807, 2.05) is 0 Å². The Labute approximate surface area is 127 Å². The number of nitrogens with two attached hydrogens (primary N) is 1. The van der Waals surface area contributed by atoms with Crippen LogP contribution in [0.2, 0.25) is 0 Å². The molecule has 0 aliphatic heterocycles. The number of carboxylic acids is 1. The van der Waals surface area contributed by atoms with E-state index in [4.69, 9.17) is 15.6 Å². The van der Waals surface area contributed by atoms with E-state index in [0.717, 1.165) is 6.07 Å². The highest BCUT2D eigenvalue weighted by atomic mass is 19.1. The molecule has 0 aromatic heterocycles. The highest BCUT2D eigenvalue weighted by molar-refractivity contribution is 5.81. The molecule has 0 spiro atoms. The summed E-state index contributed by atoms with van der Waals surface area (Å²) in [6.45, 7) is 4.86. The molecule has 0 aliphatic carbocycles. The minimum absolute atomic E-state index is 0.135. The molecule has 5 N–H and O–H groups in total. The molecule has 1 amide bonds. The number of rotatable bonds is 5. The van der Waals surface area contributed by atoms with Gasteiger partial charge in [-0.1, -0.05) is 0 Å². The average molecular weight is 313 g/mol. The molecular formula is C14H20FN3O4. The fourth-order valence-electron chi connectivity index (χ4n) is 1.56. The predicted octanol–water partition coefficient (Wildman–Crippen LogP) is 1.80. The lowest BCUT2D eigenvalue weighted by Crippen LogP contribution is -2.47. The number of nitrogens with one attached hydrogen (secondary N) is 2. The highest BCUT2D eigenvalue weighted by Gasteiger charge is 2.23. The predicted molar refractivity (Wildman–Crippen MR) is 80.1 cm³/mol. The maximum Gasteiger partial charge on any atom is 0.408 e. The van der Waals surface area contributed by atoms with E-state index < -0.39 is 29.5 Å². The summed E-state index contributed by atoms with van der Waals surface area (Å²) in [6.07, 6.45) is -0.839. The number of carbonyl (C=O) groups excluding carboxylic acids is 1. The van der Waals surface area contributed by atoms with Gasteiger partial charge in [-0.2, -0.15) is 0 Å². The third kappa shape index (κ3) is 5.86. The number of benzene rings is 1. The van der Waals surface area contributed by atoms with Crippen molar-refractivity contribution < 1.29 is 23.8 Å². The summed E-state index contributed by atoms with van der Waals surface area (Å²) in [6, 6.07) is 2.46. The van der Waals surface area contributed by atoms with Gasteiger partial charge in [-0.25, -0.2) is 14.0 Å². The van der Waals surface area contributed by atoms with Gasteiger partial charge in [0.25, 0.3) is 0 Å². The second kappa shape index (κ2) is 6.97. The number of nitrogen functional groups attached to an aromatic ring is 1. The average Bonchev–Trinajstić information content (AvgIpc) is 2.33. The Morgan fingerprint density at radius 3 is 2.55 bits per heavy atom. The second-order valence-corrected chi connectivity index (χ2v) is 5.65. The lowest BCUT2D eigenvalue weighted by atomic mass is 10.2. The molecule has 1 atom stereocenters. The Balaban J connectivity index is 2.65. The Morgan fingerprint density at radius 1 is 1.41 bits per heavy atom. The van der Waals surface area contributed by atoms with Crippen LogP contribution in [0.25, 0.3) is 0 Å². The van der Waals surface area contributed by atoms with Crippen LogP contribution in [-0.2, 0) is 9.53 Å². The second-order valence-electron chi connectivity index (χ2n) is 5.65. The molecule has 0 saturated heterocycles. The van der Waals surface area contributed by atoms with Crippen LogP contribution in [0.5, 0.6) is 0 Å². The summed E-state index contributed by atoms with van der Waals surface area (Å²) in [7, 11) is 0. The smallest absolute Gasteiger partial charge is 0.408 e. The maximum atomic E-state index is 12.9. The quantitative estimate of drug-likeness (QED) is 0.616. The highest BCUT2D eigenvalue weighted by Crippen LogP contribution is 2.18. The van der Waals surface area contributed by atoms with Crippen molar-refractivity contribution in [1.82, 2.24) is 5.32 Å². The first-order valence-electron chi connectivity index (χ1n) is 6.59. The molecule has 1 unspecified atom stereocenters. The van der Waals surface area contributed by atoms with Gasteiger partial charge in [0.15, 0.2) is 0 Å². The van der Waals surface area contributed by atoms with Crippen molar-refractivity contribution in [3.05, 3.63) is 24.0 Å². The summed E-state index contributed by atoms with van der Waals surface area (Å²) in [5, 5.41) is 14.1. The molecule has 122 valence electrons. The first-order chi connectivity index (χ1) is 10.1. The number of alkyl carbamates (subject to hydrolysis) is 1. The Kier molecular flexibility index (Phi) is 5.56.